The van der Waals surface area contributed by atoms with E-state index in [0.717, 1.165) is 0 Å². The van der Waals surface area contributed by atoms with Crippen LogP contribution in [0.2, 0.25) is 0 Å². The first-order valence-corrected chi connectivity index (χ1v) is 7.79. The lowest BCUT2D eigenvalue weighted by Crippen LogP contribution is -2.18. The molecule has 3 nitrogen and oxygen atoms in total. The molecule has 0 amide bonds. The summed E-state index contributed by atoms with van der Waals surface area (Å²) in [6, 6.07) is 0.458. The molecule has 3 heteroatoms. The molecular formula is C16H31N3. The van der Waals surface area contributed by atoms with Crippen LogP contribution in [0.3, 0.4) is 0 Å². The van der Waals surface area contributed by atoms with Gasteiger partial charge in [-0.1, -0.05) is 45.4 Å². The van der Waals surface area contributed by atoms with Gasteiger partial charge in [-0.05, 0) is 27.3 Å². The van der Waals surface area contributed by atoms with Crippen molar-refractivity contribution in [3.8, 4) is 0 Å². The van der Waals surface area contributed by atoms with E-state index < -0.39 is 0 Å². The van der Waals surface area contributed by atoms with Crippen molar-refractivity contribution < 1.29 is 0 Å². The SMILES string of the molecule is CCCCCCCCC(NC)c1c(C)nn(C)c1C. The summed E-state index contributed by atoms with van der Waals surface area (Å²) < 4.78 is 2.00. The number of hydrogen-bond donors (Lipinski definition) is 1. The summed E-state index contributed by atoms with van der Waals surface area (Å²) >= 11 is 0. The van der Waals surface area contributed by atoms with Crippen LogP contribution in [-0.2, 0) is 7.05 Å². The molecule has 0 saturated heterocycles. The van der Waals surface area contributed by atoms with Gasteiger partial charge in [-0.25, -0.2) is 0 Å². The first-order chi connectivity index (χ1) is 9.11. The fourth-order valence-corrected chi connectivity index (χ4v) is 2.86. The van der Waals surface area contributed by atoms with Gasteiger partial charge < -0.3 is 5.32 Å². The van der Waals surface area contributed by atoms with Crippen molar-refractivity contribution in [3.05, 3.63) is 17.0 Å². The second-order valence-corrected chi connectivity index (χ2v) is 5.61. The zero-order valence-electron chi connectivity index (χ0n) is 13.4. The van der Waals surface area contributed by atoms with Crippen LogP contribution in [0, 0.1) is 13.8 Å². The van der Waals surface area contributed by atoms with Gasteiger partial charge in [-0.15, -0.1) is 0 Å². The van der Waals surface area contributed by atoms with Crippen LogP contribution in [0.15, 0.2) is 0 Å². The Morgan fingerprint density at radius 3 is 2.26 bits per heavy atom. The van der Waals surface area contributed by atoms with Crippen molar-refractivity contribution in [1.29, 1.82) is 0 Å². The minimum atomic E-state index is 0.458. The standard InChI is InChI=1S/C16H31N3/c1-6-7-8-9-10-11-12-15(17-4)16-13(2)18-19(5)14(16)3/h15,17H,6-12H2,1-5H3. The minimum Gasteiger partial charge on any atom is -0.313 e. The van der Waals surface area contributed by atoms with Gasteiger partial charge in [0.2, 0.25) is 0 Å². The van der Waals surface area contributed by atoms with Crippen LogP contribution < -0.4 is 5.32 Å². The van der Waals surface area contributed by atoms with Crippen LogP contribution in [0.1, 0.15) is 74.9 Å². The number of rotatable bonds is 9. The van der Waals surface area contributed by atoms with Gasteiger partial charge in [-0.3, -0.25) is 4.68 Å². The third-order valence-corrected chi connectivity index (χ3v) is 4.11. The lowest BCUT2D eigenvalue weighted by molar-refractivity contribution is 0.494. The Kier molecular flexibility index (Phi) is 7.14. The Hall–Kier alpha value is -0.830. The summed E-state index contributed by atoms with van der Waals surface area (Å²) in [5.41, 5.74) is 3.87. The molecule has 1 N–H and O–H groups in total. The van der Waals surface area contributed by atoms with Crippen molar-refractivity contribution >= 4 is 0 Å². The molecule has 1 unspecified atom stereocenters. The molecule has 0 bridgehead atoms. The van der Waals surface area contributed by atoms with Crippen LogP contribution in [-0.4, -0.2) is 16.8 Å². The van der Waals surface area contributed by atoms with Gasteiger partial charge in [0.15, 0.2) is 0 Å². The van der Waals surface area contributed by atoms with Crippen LogP contribution in [0.25, 0.3) is 0 Å². The number of aryl methyl sites for hydroxylation is 2. The smallest absolute Gasteiger partial charge is 0.0644 e. The molecule has 1 heterocycles. The fraction of sp³-hybridized carbons (Fsp3) is 0.812. The number of nitrogens with one attached hydrogen (secondary N) is 1. The molecule has 110 valence electrons. The Morgan fingerprint density at radius 1 is 1.11 bits per heavy atom. The molecule has 0 radical (unpaired) electrons. The monoisotopic (exact) mass is 265 g/mol. The third-order valence-electron chi connectivity index (χ3n) is 4.11. The Bertz CT molecular complexity index is 368. The van der Waals surface area contributed by atoms with E-state index in [-0.39, 0.29) is 0 Å². The van der Waals surface area contributed by atoms with E-state index in [4.69, 9.17) is 0 Å². The second kappa shape index (κ2) is 8.36. The van der Waals surface area contributed by atoms with Crippen LogP contribution in [0.5, 0.6) is 0 Å². The van der Waals surface area contributed by atoms with Crippen LogP contribution in [0.4, 0.5) is 0 Å². The van der Waals surface area contributed by atoms with Gasteiger partial charge in [0.05, 0.1) is 5.69 Å². The van der Waals surface area contributed by atoms with Crippen molar-refractivity contribution in [2.45, 2.75) is 71.8 Å². The molecule has 0 aliphatic rings. The Morgan fingerprint density at radius 2 is 1.74 bits per heavy atom. The molecule has 19 heavy (non-hydrogen) atoms. The topological polar surface area (TPSA) is 29.9 Å². The molecule has 0 aromatic carbocycles. The maximum Gasteiger partial charge on any atom is 0.0644 e. The number of hydrogen-bond acceptors (Lipinski definition) is 2. The lowest BCUT2D eigenvalue weighted by Gasteiger charge is -2.17. The highest BCUT2D eigenvalue weighted by atomic mass is 15.3. The maximum atomic E-state index is 4.52. The predicted molar refractivity (Wildman–Crippen MR) is 82.5 cm³/mol. The quantitative estimate of drug-likeness (QED) is 0.683. The molecule has 0 saturated carbocycles. The molecule has 0 fully saturated rings. The molecule has 0 aliphatic carbocycles. The fourth-order valence-electron chi connectivity index (χ4n) is 2.86. The van der Waals surface area contributed by atoms with Gasteiger partial charge in [0, 0.05) is 24.3 Å². The Balaban J connectivity index is 2.45. The number of nitrogens with zero attached hydrogens (tertiary/aromatic N) is 2. The summed E-state index contributed by atoms with van der Waals surface area (Å²) in [6.07, 6.45) is 9.37. The Labute approximate surface area is 118 Å². The molecule has 1 aromatic rings. The molecular weight excluding hydrogens is 234 g/mol. The highest BCUT2D eigenvalue weighted by Gasteiger charge is 2.18. The maximum absolute atomic E-state index is 4.52. The second-order valence-electron chi connectivity index (χ2n) is 5.61. The zero-order chi connectivity index (χ0) is 14.3. The van der Waals surface area contributed by atoms with E-state index in [2.05, 4.69) is 38.2 Å². The largest absolute Gasteiger partial charge is 0.313 e. The normalized spacial score (nSPS) is 12.9. The van der Waals surface area contributed by atoms with Crippen molar-refractivity contribution in [1.82, 2.24) is 15.1 Å². The summed E-state index contributed by atoms with van der Waals surface area (Å²) in [6.45, 7) is 6.56. The zero-order valence-corrected chi connectivity index (χ0v) is 13.4. The van der Waals surface area contributed by atoms with Gasteiger partial charge in [-0.2, -0.15) is 5.10 Å². The van der Waals surface area contributed by atoms with E-state index in [0.29, 0.717) is 6.04 Å². The molecule has 0 aliphatic heterocycles. The van der Waals surface area contributed by atoms with E-state index in [9.17, 15) is 0 Å². The van der Waals surface area contributed by atoms with E-state index in [1.165, 1.54) is 61.9 Å². The third kappa shape index (κ3) is 4.64. The van der Waals surface area contributed by atoms with E-state index in [1.54, 1.807) is 0 Å². The highest BCUT2D eigenvalue weighted by Crippen LogP contribution is 2.25. The summed E-state index contributed by atoms with van der Waals surface area (Å²) in [5.74, 6) is 0. The average molecular weight is 265 g/mol. The summed E-state index contributed by atoms with van der Waals surface area (Å²) in [7, 11) is 4.09. The van der Waals surface area contributed by atoms with Crippen LogP contribution >= 0.6 is 0 Å². The van der Waals surface area contributed by atoms with E-state index in [1.807, 2.05) is 11.7 Å². The molecule has 1 atom stereocenters. The molecule has 1 aromatic heterocycles. The predicted octanol–water partition coefficient (Wildman–Crippen LogP) is 4.05. The van der Waals surface area contributed by atoms with E-state index >= 15 is 0 Å². The first kappa shape index (κ1) is 16.2. The van der Waals surface area contributed by atoms with Crippen molar-refractivity contribution in [3.63, 3.8) is 0 Å². The van der Waals surface area contributed by atoms with Crippen molar-refractivity contribution in [2.24, 2.45) is 7.05 Å². The number of unbranched alkanes of at least 4 members (excludes halogenated alkanes) is 5. The summed E-state index contributed by atoms with van der Waals surface area (Å²) in [5, 5.41) is 7.99. The first-order valence-electron chi connectivity index (χ1n) is 7.79. The highest BCUT2D eigenvalue weighted by molar-refractivity contribution is 5.28. The number of aromatic nitrogens is 2. The van der Waals surface area contributed by atoms with Gasteiger partial charge in [0.25, 0.3) is 0 Å². The lowest BCUT2D eigenvalue weighted by atomic mass is 9.98. The average Bonchev–Trinajstić information content (AvgIpc) is 2.64. The van der Waals surface area contributed by atoms with Crippen molar-refractivity contribution in [2.75, 3.05) is 7.05 Å². The molecule has 1 rings (SSSR count). The summed E-state index contributed by atoms with van der Waals surface area (Å²) in [4.78, 5) is 0. The minimum absolute atomic E-state index is 0.458. The van der Waals surface area contributed by atoms with Gasteiger partial charge >= 0.3 is 0 Å². The van der Waals surface area contributed by atoms with Gasteiger partial charge in [0.1, 0.15) is 0 Å². The molecule has 0 spiro atoms.